The fourth-order valence-electron chi connectivity index (χ4n) is 8.97. The molecule has 5 nitrogen and oxygen atoms in total. The van der Waals surface area contributed by atoms with Crippen molar-refractivity contribution >= 4 is 44.8 Å². The topological polar surface area (TPSA) is 36.4 Å². The second-order valence-electron chi connectivity index (χ2n) is 14.0. The molecule has 0 radical (unpaired) electrons. The maximum atomic E-state index is 8.04. The van der Waals surface area contributed by atoms with Crippen LogP contribution in [-0.4, -0.2) is 11.1 Å². The number of anilines is 4. The minimum atomic E-state index is -2.34. The fourth-order valence-corrected chi connectivity index (χ4v) is 8.97. The van der Waals surface area contributed by atoms with Gasteiger partial charge in [-0.05, 0) is 78.3 Å². The summed E-state index contributed by atoms with van der Waals surface area (Å²) in [7, 11) is 0. The second kappa shape index (κ2) is 9.57. The third-order valence-corrected chi connectivity index (χ3v) is 10.8. The molecule has 0 aliphatic carbocycles. The van der Waals surface area contributed by atoms with Crippen LogP contribution in [0.4, 0.5) is 22.7 Å². The first kappa shape index (κ1) is 24.7. The first-order valence-corrected chi connectivity index (χ1v) is 16.9. The van der Waals surface area contributed by atoms with E-state index in [9.17, 15) is 0 Å². The number of benzene rings is 4. The number of pyridine rings is 2. The number of aromatic nitrogens is 2. The van der Waals surface area contributed by atoms with Crippen molar-refractivity contribution in [1.29, 1.82) is 0 Å². The van der Waals surface area contributed by atoms with Gasteiger partial charge in [-0.3, -0.25) is 0 Å². The Kier molecular flexibility index (Phi) is 4.93. The van der Waals surface area contributed by atoms with Crippen molar-refractivity contribution in [3.05, 3.63) is 143 Å². The minimum Gasteiger partial charge on any atom is -0.435 e. The van der Waals surface area contributed by atoms with Crippen molar-refractivity contribution in [1.82, 2.24) is 4.98 Å². The molecule has 0 fully saturated rings. The predicted octanol–water partition coefficient (Wildman–Crippen LogP) is 10.2. The summed E-state index contributed by atoms with van der Waals surface area (Å²) in [6.45, 7) is 6.81. The molecule has 48 heavy (non-hydrogen) atoms. The van der Waals surface area contributed by atoms with Gasteiger partial charge in [-0.15, -0.1) is 0 Å². The van der Waals surface area contributed by atoms with Gasteiger partial charge < -0.3 is 14.2 Å². The summed E-state index contributed by atoms with van der Waals surface area (Å²) in [6.07, 6.45) is 1.98. The highest BCUT2D eigenvalue weighted by molar-refractivity contribution is 6.12. The van der Waals surface area contributed by atoms with E-state index in [1.165, 1.54) is 27.9 Å². The Hall–Kier alpha value is -5.42. The van der Waals surface area contributed by atoms with Gasteiger partial charge in [-0.2, -0.15) is 4.57 Å². The van der Waals surface area contributed by atoms with Crippen molar-refractivity contribution < 1.29 is 13.1 Å². The van der Waals surface area contributed by atoms with E-state index < -0.39 is 12.4 Å². The van der Waals surface area contributed by atoms with Gasteiger partial charge in [0.1, 0.15) is 0 Å². The number of para-hydroxylation sites is 3. The Morgan fingerprint density at radius 2 is 1.40 bits per heavy atom. The van der Waals surface area contributed by atoms with E-state index in [1.807, 2.05) is 6.07 Å². The van der Waals surface area contributed by atoms with Crippen LogP contribution in [0.3, 0.4) is 0 Å². The van der Waals surface area contributed by atoms with Crippen LogP contribution in [0, 0.1) is 6.85 Å². The average Bonchev–Trinajstić information content (AvgIpc) is 3.84. The molecule has 0 amide bonds. The Bertz CT molecular complexity index is 2510. The van der Waals surface area contributed by atoms with E-state index in [4.69, 9.17) is 8.53 Å². The van der Waals surface area contributed by atoms with Crippen LogP contribution in [0.15, 0.2) is 120 Å². The molecule has 0 saturated heterocycles. The molecule has 2 unspecified atom stereocenters. The number of hydrogen-bond donors (Lipinski definition) is 0. The van der Waals surface area contributed by atoms with Crippen LogP contribution in [0.1, 0.15) is 71.6 Å². The summed E-state index contributed by atoms with van der Waals surface area (Å²) in [5.41, 5.74) is 12.2. The molecular formula is C43H37N4O+. The molecule has 1 spiro atoms. The fraction of sp³-hybridized carbons (Fsp3) is 0.209. The van der Waals surface area contributed by atoms with Crippen LogP contribution < -0.4 is 14.4 Å². The summed E-state index contributed by atoms with van der Waals surface area (Å²) >= 11 is 0. The Morgan fingerprint density at radius 3 is 2.15 bits per heavy atom. The molecule has 4 aromatic carbocycles. The third-order valence-electron chi connectivity index (χ3n) is 10.8. The predicted molar refractivity (Wildman–Crippen MR) is 194 cm³/mol. The molecule has 234 valence electrons. The van der Waals surface area contributed by atoms with Crippen LogP contribution in [0.2, 0.25) is 0 Å². The second-order valence-corrected chi connectivity index (χ2v) is 14.0. The molecule has 7 aromatic rings. The molecule has 2 atom stereocenters. The lowest BCUT2D eigenvalue weighted by molar-refractivity contribution is -0.729. The highest BCUT2D eigenvalue weighted by Gasteiger charge is 2.70. The Labute approximate surface area is 284 Å². The summed E-state index contributed by atoms with van der Waals surface area (Å²) in [5.74, 6) is 0.576. The Morgan fingerprint density at radius 1 is 0.708 bits per heavy atom. The molecule has 3 aliphatic rings. The van der Waals surface area contributed by atoms with Gasteiger partial charge >= 0.3 is 0 Å². The number of nitrogens with zero attached hydrogens (tertiary/aromatic N) is 4. The first-order valence-electron chi connectivity index (χ1n) is 18.4. The standard InChI is InChI=1S/C43H37N4O/c1-25(2)28-14-12-15-29(26(3)4)38(28)46-36-18-8-9-19-37(36)47-39-34(23-22-30-31-21-20-27(5)44-41(31)48-40(30)39)43(42(46)47)33-16-7-6-13-32(33)35-17-10-11-24-45(35)43/h6-26,42H,1-5H3/q+1/i5D3. The zero-order valence-electron chi connectivity index (χ0n) is 30.4. The molecular weight excluding hydrogens is 589 g/mol. The maximum Gasteiger partial charge on any atom is 0.261 e. The quantitative estimate of drug-likeness (QED) is 0.183. The average molecular weight is 629 g/mol. The van der Waals surface area contributed by atoms with Gasteiger partial charge in [0.25, 0.3) is 5.54 Å². The van der Waals surface area contributed by atoms with E-state index >= 15 is 0 Å². The van der Waals surface area contributed by atoms with Crippen LogP contribution in [-0.2, 0) is 5.54 Å². The first-order chi connectivity index (χ1) is 24.6. The Balaban J connectivity index is 1.38. The smallest absolute Gasteiger partial charge is 0.261 e. The molecule has 10 rings (SSSR count). The summed E-state index contributed by atoms with van der Waals surface area (Å²) < 4.78 is 33.4. The van der Waals surface area contributed by atoms with Crippen molar-refractivity contribution in [3.63, 3.8) is 0 Å². The summed E-state index contributed by atoms with van der Waals surface area (Å²) in [6, 6.07) is 38.7. The lowest BCUT2D eigenvalue weighted by Crippen LogP contribution is -2.65. The van der Waals surface area contributed by atoms with Crippen molar-refractivity contribution in [2.24, 2.45) is 0 Å². The van der Waals surface area contributed by atoms with Crippen molar-refractivity contribution in [3.8, 4) is 11.3 Å². The van der Waals surface area contributed by atoms with E-state index in [-0.39, 0.29) is 23.7 Å². The van der Waals surface area contributed by atoms with E-state index in [0.717, 1.165) is 39.1 Å². The summed E-state index contributed by atoms with van der Waals surface area (Å²) in [4.78, 5) is 9.67. The highest BCUT2D eigenvalue weighted by Crippen LogP contribution is 2.64. The minimum absolute atomic E-state index is 0.0263. The van der Waals surface area contributed by atoms with E-state index in [2.05, 4.69) is 150 Å². The van der Waals surface area contributed by atoms with E-state index in [1.54, 1.807) is 6.07 Å². The maximum absolute atomic E-state index is 8.04. The SMILES string of the molecule is [2H]C([2H])([2H])c1ccc2c(n1)oc1c3c(ccc12)C1(c2ccccc2-c2cccc[n+]21)C1N(c2c(C(C)C)cccc2C(C)C)c2ccccc2N31. The third kappa shape index (κ3) is 3.26. The lowest BCUT2D eigenvalue weighted by Gasteiger charge is -2.38. The van der Waals surface area contributed by atoms with E-state index in [0.29, 0.717) is 11.3 Å². The number of hydrogen-bond acceptors (Lipinski definition) is 4. The number of furan rings is 1. The molecule has 6 heterocycles. The number of rotatable bonds is 3. The monoisotopic (exact) mass is 628 g/mol. The lowest BCUT2D eigenvalue weighted by atomic mass is 9.80. The summed E-state index contributed by atoms with van der Waals surface area (Å²) in [5, 5.41) is 1.71. The molecule has 0 saturated carbocycles. The van der Waals surface area contributed by atoms with Gasteiger partial charge in [0.2, 0.25) is 11.4 Å². The van der Waals surface area contributed by atoms with Gasteiger partial charge in [-0.25, -0.2) is 4.98 Å². The molecule has 3 aromatic heterocycles. The number of aryl methyl sites for hydroxylation is 1. The zero-order chi connectivity index (χ0) is 35.0. The van der Waals surface area contributed by atoms with Gasteiger partial charge in [0, 0.05) is 38.3 Å². The molecule has 0 N–H and O–H groups in total. The van der Waals surface area contributed by atoms with Gasteiger partial charge in [-0.1, -0.05) is 76.2 Å². The van der Waals surface area contributed by atoms with Crippen molar-refractivity contribution in [2.75, 3.05) is 9.80 Å². The zero-order valence-corrected chi connectivity index (χ0v) is 27.4. The van der Waals surface area contributed by atoms with Crippen LogP contribution in [0.25, 0.3) is 33.3 Å². The van der Waals surface area contributed by atoms with Gasteiger partial charge in [0.15, 0.2) is 17.9 Å². The highest BCUT2D eigenvalue weighted by atomic mass is 16.3. The number of fused-ring (bicyclic) bond motifs is 16. The largest absolute Gasteiger partial charge is 0.435 e. The van der Waals surface area contributed by atoms with Crippen LogP contribution >= 0.6 is 0 Å². The molecule has 3 aliphatic heterocycles. The van der Waals surface area contributed by atoms with Crippen LogP contribution in [0.5, 0.6) is 0 Å². The van der Waals surface area contributed by atoms with Crippen molar-refractivity contribution in [2.45, 2.75) is 58.1 Å². The molecule has 0 bridgehead atoms. The normalized spacial score (nSPS) is 19.9. The molecule has 5 heteroatoms. The van der Waals surface area contributed by atoms with Gasteiger partial charge in [0.05, 0.1) is 33.9 Å².